The predicted molar refractivity (Wildman–Crippen MR) is 115 cm³/mol. The molecule has 146 valence electrons. The van der Waals surface area contributed by atoms with Gasteiger partial charge in [0.15, 0.2) is 5.96 Å². The molecular formula is C16H37IN4O2S. The van der Waals surface area contributed by atoms with Crippen LogP contribution in [0.3, 0.4) is 0 Å². The number of rotatable bonds is 11. The van der Waals surface area contributed by atoms with Gasteiger partial charge in [0.25, 0.3) is 0 Å². The molecule has 0 aromatic heterocycles. The first-order valence-electron chi connectivity index (χ1n) is 8.71. The van der Waals surface area contributed by atoms with Gasteiger partial charge in [-0.1, -0.05) is 40.5 Å². The fraction of sp³-hybridized carbons (Fsp3) is 0.938. The Labute approximate surface area is 166 Å². The zero-order valence-corrected chi connectivity index (χ0v) is 19.3. The van der Waals surface area contributed by atoms with Crippen molar-refractivity contribution in [2.45, 2.75) is 59.9 Å². The quantitative estimate of drug-likeness (QED) is 0.273. The maximum atomic E-state index is 12.1. The van der Waals surface area contributed by atoms with E-state index in [0.29, 0.717) is 31.6 Å². The first-order chi connectivity index (χ1) is 10.8. The van der Waals surface area contributed by atoms with E-state index in [0.717, 1.165) is 12.3 Å². The highest BCUT2D eigenvalue weighted by molar-refractivity contribution is 14.0. The number of nitrogens with zero attached hydrogens (tertiary/aromatic N) is 2. The summed E-state index contributed by atoms with van der Waals surface area (Å²) in [6.07, 6.45) is 3.48. The molecule has 2 N–H and O–H groups in total. The zero-order chi connectivity index (χ0) is 17.9. The molecule has 24 heavy (non-hydrogen) atoms. The van der Waals surface area contributed by atoms with E-state index in [-0.39, 0.29) is 29.7 Å². The molecule has 0 fully saturated rings. The zero-order valence-electron chi connectivity index (χ0n) is 16.1. The van der Waals surface area contributed by atoms with Gasteiger partial charge in [-0.2, -0.15) is 0 Å². The highest BCUT2D eigenvalue weighted by Gasteiger charge is 2.18. The fourth-order valence-corrected chi connectivity index (χ4v) is 3.78. The molecule has 0 bridgehead atoms. The molecule has 8 heteroatoms. The first kappa shape index (κ1) is 26.1. The summed E-state index contributed by atoms with van der Waals surface area (Å²) >= 11 is 0. The summed E-state index contributed by atoms with van der Waals surface area (Å²) in [5, 5.41) is 6.41. The molecule has 0 rings (SSSR count). The molecule has 0 aliphatic heterocycles. The summed E-state index contributed by atoms with van der Waals surface area (Å²) in [7, 11) is -1.49. The lowest BCUT2D eigenvalue weighted by atomic mass is 10.0. The standard InChI is InChI=1S/C16H36N4O2S.HI/c1-7-20(8-2)23(21,22)13-12-18-16(17-6)19-15(5)11-9-10-14(3)4;/h14-15H,7-13H2,1-6H3,(H2,17,18,19);1H. The molecule has 0 aliphatic carbocycles. The lowest BCUT2D eigenvalue weighted by molar-refractivity contribution is 0.445. The fourth-order valence-electron chi connectivity index (χ4n) is 2.38. The van der Waals surface area contributed by atoms with E-state index in [1.165, 1.54) is 17.1 Å². The van der Waals surface area contributed by atoms with Crippen LogP contribution in [0.1, 0.15) is 53.9 Å². The smallest absolute Gasteiger partial charge is 0.215 e. The summed E-state index contributed by atoms with van der Waals surface area (Å²) in [4.78, 5) is 4.16. The van der Waals surface area contributed by atoms with Crippen LogP contribution in [0.4, 0.5) is 0 Å². The van der Waals surface area contributed by atoms with E-state index >= 15 is 0 Å². The molecule has 0 heterocycles. The molecule has 0 saturated heterocycles. The molecule has 6 nitrogen and oxygen atoms in total. The van der Waals surface area contributed by atoms with Crippen molar-refractivity contribution in [2.24, 2.45) is 10.9 Å². The SMILES string of the molecule is CCN(CC)S(=O)(=O)CCNC(=NC)NC(C)CCCC(C)C.I. The largest absolute Gasteiger partial charge is 0.355 e. The molecule has 0 amide bonds. The number of sulfonamides is 1. The maximum Gasteiger partial charge on any atom is 0.215 e. The van der Waals surface area contributed by atoms with Gasteiger partial charge in [0.05, 0.1) is 5.75 Å². The van der Waals surface area contributed by atoms with Gasteiger partial charge >= 0.3 is 0 Å². The Morgan fingerprint density at radius 1 is 1.12 bits per heavy atom. The molecule has 1 unspecified atom stereocenters. The number of halogens is 1. The Balaban J connectivity index is 0. The van der Waals surface area contributed by atoms with Crippen LogP contribution in [0.5, 0.6) is 0 Å². The first-order valence-corrected chi connectivity index (χ1v) is 10.3. The van der Waals surface area contributed by atoms with Crippen molar-refractivity contribution in [3.05, 3.63) is 0 Å². The van der Waals surface area contributed by atoms with Crippen LogP contribution in [0.25, 0.3) is 0 Å². The Hall–Kier alpha value is -0.0900. The van der Waals surface area contributed by atoms with Crippen LogP contribution in [-0.2, 0) is 10.0 Å². The summed E-state index contributed by atoms with van der Waals surface area (Å²) < 4.78 is 25.7. The lowest BCUT2D eigenvalue weighted by Gasteiger charge is -2.20. The predicted octanol–water partition coefficient (Wildman–Crippen LogP) is 2.66. The second-order valence-corrected chi connectivity index (χ2v) is 8.36. The normalized spacial score (nSPS) is 13.8. The van der Waals surface area contributed by atoms with Crippen molar-refractivity contribution >= 4 is 40.0 Å². The Bertz CT molecular complexity index is 437. The van der Waals surface area contributed by atoms with Crippen molar-refractivity contribution in [1.29, 1.82) is 0 Å². The van der Waals surface area contributed by atoms with Crippen LogP contribution in [0.2, 0.25) is 0 Å². The van der Waals surface area contributed by atoms with Gasteiger partial charge in [0.1, 0.15) is 0 Å². The van der Waals surface area contributed by atoms with Gasteiger partial charge in [0.2, 0.25) is 10.0 Å². The highest BCUT2D eigenvalue weighted by atomic mass is 127. The molecule has 0 aromatic carbocycles. The summed E-state index contributed by atoms with van der Waals surface area (Å²) in [5.41, 5.74) is 0. The summed E-state index contributed by atoms with van der Waals surface area (Å²) in [6, 6.07) is 0.319. The molecule has 0 radical (unpaired) electrons. The average molecular weight is 476 g/mol. The third-order valence-electron chi connectivity index (χ3n) is 3.78. The number of nitrogens with one attached hydrogen (secondary N) is 2. The molecule has 0 aliphatic rings. The Morgan fingerprint density at radius 3 is 2.17 bits per heavy atom. The van der Waals surface area contributed by atoms with Gasteiger partial charge in [-0.25, -0.2) is 12.7 Å². The number of aliphatic imine (C=N–C) groups is 1. The van der Waals surface area contributed by atoms with E-state index in [9.17, 15) is 8.42 Å². The van der Waals surface area contributed by atoms with Crippen LogP contribution in [0, 0.1) is 5.92 Å². The molecule has 0 saturated carbocycles. The third-order valence-corrected chi connectivity index (χ3v) is 5.80. The Kier molecular flexibility index (Phi) is 15.4. The van der Waals surface area contributed by atoms with Gasteiger partial charge in [-0.15, -0.1) is 24.0 Å². The molecule has 0 spiro atoms. The van der Waals surface area contributed by atoms with E-state index < -0.39 is 10.0 Å². The number of hydrogen-bond acceptors (Lipinski definition) is 3. The van der Waals surface area contributed by atoms with E-state index in [2.05, 4.69) is 36.4 Å². The minimum absolute atomic E-state index is 0. The second-order valence-electron chi connectivity index (χ2n) is 6.27. The van der Waals surface area contributed by atoms with Gasteiger partial charge in [-0.05, 0) is 19.3 Å². The van der Waals surface area contributed by atoms with Crippen molar-refractivity contribution in [3.63, 3.8) is 0 Å². The van der Waals surface area contributed by atoms with Crippen LogP contribution in [0.15, 0.2) is 4.99 Å². The van der Waals surface area contributed by atoms with Crippen molar-refractivity contribution in [3.8, 4) is 0 Å². The third kappa shape index (κ3) is 11.5. The van der Waals surface area contributed by atoms with Crippen LogP contribution >= 0.6 is 24.0 Å². The summed E-state index contributed by atoms with van der Waals surface area (Å²) in [6.45, 7) is 11.7. The molecular weight excluding hydrogens is 439 g/mol. The van der Waals surface area contributed by atoms with Gasteiger partial charge in [0, 0.05) is 32.7 Å². The minimum atomic E-state index is -3.19. The number of guanidine groups is 1. The lowest BCUT2D eigenvalue weighted by Crippen LogP contribution is -2.45. The second kappa shape index (κ2) is 14.1. The molecule has 1 atom stereocenters. The monoisotopic (exact) mass is 476 g/mol. The average Bonchev–Trinajstić information content (AvgIpc) is 2.46. The van der Waals surface area contributed by atoms with Crippen LogP contribution < -0.4 is 10.6 Å². The highest BCUT2D eigenvalue weighted by Crippen LogP contribution is 2.08. The molecule has 0 aromatic rings. The van der Waals surface area contributed by atoms with Gasteiger partial charge in [-0.3, -0.25) is 4.99 Å². The number of hydrogen-bond donors (Lipinski definition) is 2. The van der Waals surface area contributed by atoms with E-state index in [4.69, 9.17) is 0 Å². The van der Waals surface area contributed by atoms with Crippen molar-refractivity contribution < 1.29 is 8.42 Å². The van der Waals surface area contributed by atoms with Crippen LogP contribution in [-0.4, -0.2) is 57.2 Å². The summed E-state index contributed by atoms with van der Waals surface area (Å²) in [5.74, 6) is 1.47. The Morgan fingerprint density at radius 2 is 1.71 bits per heavy atom. The van der Waals surface area contributed by atoms with E-state index in [1.54, 1.807) is 7.05 Å². The van der Waals surface area contributed by atoms with Gasteiger partial charge < -0.3 is 10.6 Å². The van der Waals surface area contributed by atoms with Crippen molar-refractivity contribution in [1.82, 2.24) is 14.9 Å². The topological polar surface area (TPSA) is 73.8 Å². The maximum absolute atomic E-state index is 12.1. The minimum Gasteiger partial charge on any atom is -0.355 e. The van der Waals surface area contributed by atoms with Crippen molar-refractivity contribution in [2.75, 3.05) is 32.4 Å². The van der Waals surface area contributed by atoms with E-state index in [1.807, 2.05) is 13.8 Å².